The highest BCUT2D eigenvalue weighted by atomic mass is 35.7. The van der Waals surface area contributed by atoms with Crippen LogP contribution in [0.3, 0.4) is 0 Å². The smallest absolute Gasteiger partial charge is 0.502 e. The monoisotopic (exact) mass is 155 g/mol. The van der Waals surface area contributed by atoms with E-state index in [4.69, 9.17) is 5.41 Å². The average Bonchev–Trinajstić information content (AvgIpc) is 1.59. The maximum atomic E-state index is 9.93. The Hall–Kier alpha value is -0.225. The quantitative estimate of drug-likeness (QED) is 0.257. The summed E-state index contributed by atoms with van der Waals surface area (Å²) in [6.45, 7) is -0.641. The van der Waals surface area contributed by atoms with Crippen molar-refractivity contribution >= 4 is 32.7 Å². The highest BCUT2D eigenvalue weighted by Gasteiger charge is 2.08. The third-order valence-electron chi connectivity index (χ3n) is 0.292. The van der Waals surface area contributed by atoms with Crippen molar-refractivity contribution in [3.8, 4) is 0 Å². The lowest BCUT2D eigenvalue weighted by atomic mass is 10.6. The van der Waals surface area contributed by atoms with Gasteiger partial charge >= 0.3 is 6.76 Å². The van der Waals surface area contributed by atoms with Crippen molar-refractivity contribution in [3.05, 3.63) is 0 Å². The first-order valence-electron chi connectivity index (χ1n) is 1.59. The average molecular weight is 155 g/mol. The molecule has 0 radical (unpaired) electrons. The van der Waals surface area contributed by atoms with E-state index in [1.165, 1.54) is 0 Å². The molecule has 4 nitrogen and oxygen atoms in total. The van der Waals surface area contributed by atoms with Crippen LogP contribution in [0.4, 0.5) is 0 Å². The maximum Gasteiger partial charge on any atom is 0.502 e. The molecule has 0 aliphatic heterocycles. The SMILES string of the molecule is N=COBS(=O)(=O)Cl. The molecule has 7 heteroatoms. The second-order valence-electron chi connectivity index (χ2n) is 0.941. The Bertz CT molecular complexity index is 164. The largest absolute Gasteiger partial charge is 0.540 e. The molecule has 0 aliphatic rings. The Kier molecular flexibility index (Phi) is 2.85. The van der Waals surface area contributed by atoms with Gasteiger partial charge in [0.05, 0.1) is 0 Å². The van der Waals surface area contributed by atoms with Gasteiger partial charge in [-0.1, -0.05) is 0 Å². The van der Waals surface area contributed by atoms with E-state index in [-0.39, 0.29) is 0 Å². The molecular formula is CH3BClNO3S. The zero-order chi connectivity index (χ0) is 6.62. The van der Waals surface area contributed by atoms with Gasteiger partial charge in [0.2, 0.25) is 8.90 Å². The maximum absolute atomic E-state index is 9.93. The molecule has 46 valence electrons. The van der Waals surface area contributed by atoms with E-state index in [0.29, 0.717) is 6.40 Å². The van der Waals surface area contributed by atoms with E-state index >= 15 is 0 Å². The van der Waals surface area contributed by atoms with Gasteiger partial charge < -0.3 is 4.65 Å². The molecule has 0 heterocycles. The molecule has 0 amide bonds. The molecule has 1 N–H and O–H groups in total. The zero-order valence-corrected chi connectivity index (χ0v) is 5.37. The lowest BCUT2D eigenvalue weighted by Gasteiger charge is -1.87. The Morgan fingerprint density at radius 1 is 1.75 bits per heavy atom. The van der Waals surface area contributed by atoms with Gasteiger partial charge in [-0.3, -0.25) is 5.41 Å². The van der Waals surface area contributed by atoms with E-state index in [1.807, 2.05) is 0 Å². The van der Waals surface area contributed by atoms with E-state index < -0.39 is 15.7 Å². The van der Waals surface area contributed by atoms with Crippen molar-refractivity contribution in [2.75, 3.05) is 0 Å². The summed E-state index contributed by atoms with van der Waals surface area (Å²) < 4.78 is 23.9. The predicted molar refractivity (Wildman–Crippen MR) is 31.8 cm³/mol. The summed E-state index contributed by atoms with van der Waals surface area (Å²) in [5.41, 5.74) is 0. The molecule has 0 aromatic rings. The van der Waals surface area contributed by atoms with Gasteiger partial charge in [0.1, 0.15) is 6.40 Å². The van der Waals surface area contributed by atoms with Crippen LogP contribution in [0.15, 0.2) is 0 Å². The molecule has 0 rings (SSSR count). The third kappa shape index (κ3) is 5.77. The van der Waals surface area contributed by atoms with E-state index in [0.717, 1.165) is 0 Å². The van der Waals surface area contributed by atoms with Crippen molar-refractivity contribution in [2.45, 2.75) is 0 Å². The second-order valence-corrected chi connectivity index (χ2v) is 3.67. The standard InChI is InChI=1S/CH3BClNO3S/c3-8(5,6)2-7-1-4/h1-2,4H. The van der Waals surface area contributed by atoms with Crippen molar-refractivity contribution in [1.29, 1.82) is 5.41 Å². The fourth-order valence-corrected chi connectivity index (χ4v) is 0.500. The van der Waals surface area contributed by atoms with Crippen LogP contribution in [0.5, 0.6) is 0 Å². The van der Waals surface area contributed by atoms with Gasteiger partial charge in [-0.25, -0.2) is 8.42 Å². The van der Waals surface area contributed by atoms with Gasteiger partial charge in [-0.15, -0.1) is 0 Å². The third-order valence-corrected chi connectivity index (χ3v) is 0.977. The number of rotatable bonds is 3. The summed E-state index contributed by atoms with van der Waals surface area (Å²) in [6.07, 6.45) is 0.514. The fraction of sp³-hybridized carbons (Fsp3) is 0. The number of nitrogens with one attached hydrogen (secondary N) is 1. The first kappa shape index (κ1) is 7.77. The van der Waals surface area contributed by atoms with Crippen LogP contribution in [0.2, 0.25) is 0 Å². The topological polar surface area (TPSA) is 67.2 Å². The first-order chi connectivity index (χ1) is 3.56. The zero-order valence-electron chi connectivity index (χ0n) is 3.80. The van der Waals surface area contributed by atoms with Crippen LogP contribution in [0.25, 0.3) is 0 Å². The molecule has 8 heavy (non-hydrogen) atoms. The van der Waals surface area contributed by atoms with Crippen molar-refractivity contribution in [1.82, 2.24) is 0 Å². The molecule has 0 aromatic carbocycles. The molecule has 0 bridgehead atoms. The summed E-state index contributed by atoms with van der Waals surface area (Å²) in [5.74, 6) is 0. The van der Waals surface area contributed by atoms with Crippen LogP contribution in [-0.4, -0.2) is 21.6 Å². The van der Waals surface area contributed by atoms with Crippen molar-refractivity contribution in [3.63, 3.8) is 0 Å². The normalized spacial score (nSPS) is 10.1. The molecular weight excluding hydrogens is 152 g/mol. The first-order valence-corrected chi connectivity index (χ1v) is 4.07. The number of halogens is 1. The molecule has 0 fully saturated rings. The van der Waals surface area contributed by atoms with Gasteiger partial charge in [0.15, 0.2) is 0 Å². The molecule has 0 saturated carbocycles. The summed E-state index contributed by atoms with van der Waals surface area (Å²) in [5, 5.41) is 6.21. The Labute approximate surface area is 51.9 Å². The predicted octanol–water partition coefficient (Wildman–Crippen LogP) is -0.555. The number of hydrogen-bond donors (Lipinski definition) is 1. The minimum absolute atomic E-state index is 0.514. The van der Waals surface area contributed by atoms with Crippen molar-refractivity contribution < 1.29 is 13.1 Å². The molecule has 0 atom stereocenters. The molecule has 0 aromatic heterocycles. The minimum atomic E-state index is -3.59. The Balaban J connectivity index is 3.57. The molecule has 0 aliphatic carbocycles. The summed E-state index contributed by atoms with van der Waals surface area (Å²) in [6, 6.07) is 0. The number of hydrogen-bond acceptors (Lipinski definition) is 4. The van der Waals surface area contributed by atoms with Gasteiger partial charge in [-0.2, -0.15) is 0 Å². The molecule has 0 spiro atoms. The highest BCUT2D eigenvalue weighted by Crippen LogP contribution is 1.90. The van der Waals surface area contributed by atoms with Crippen LogP contribution in [0.1, 0.15) is 0 Å². The van der Waals surface area contributed by atoms with Gasteiger partial charge in [-0.05, 0) is 0 Å². The fourth-order valence-electron chi connectivity index (χ4n) is 0.115. The van der Waals surface area contributed by atoms with Gasteiger partial charge in [0.25, 0.3) is 0 Å². The summed E-state index contributed by atoms with van der Waals surface area (Å²) in [7, 11) is 1.07. The van der Waals surface area contributed by atoms with E-state index in [1.54, 1.807) is 0 Å². The van der Waals surface area contributed by atoms with Crippen LogP contribution < -0.4 is 0 Å². The summed E-state index contributed by atoms with van der Waals surface area (Å²) >= 11 is 0. The Morgan fingerprint density at radius 2 is 2.25 bits per heavy atom. The van der Waals surface area contributed by atoms with E-state index in [9.17, 15) is 8.42 Å². The van der Waals surface area contributed by atoms with Crippen LogP contribution >= 0.6 is 10.7 Å². The van der Waals surface area contributed by atoms with E-state index in [2.05, 4.69) is 15.3 Å². The van der Waals surface area contributed by atoms with Gasteiger partial charge in [0, 0.05) is 10.7 Å². The molecule has 0 unspecified atom stereocenters. The molecule has 0 saturated heterocycles. The summed E-state index contributed by atoms with van der Waals surface area (Å²) in [4.78, 5) is 0. The highest BCUT2D eigenvalue weighted by molar-refractivity contribution is 8.32. The second kappa shape index (κ2) is 2.93. The lowest BCUT2D eigenvalue weighted by Crippen LogP contribution is -2.05. The van der Waals surface area contributed by atoms with Crippen LogP contribution in [-0.2, 0) is 13.6 Å². The Morgan fingerprint density at radius 3 is 2.38 bits per heavy atom. The van der Waals surface area contributed by atoms with Crippen LogP contribution in [0, 0.1) is 5.41 Å². The van der Waals surface area contributed by atoms with Crippen molar-refractivity contribution in [2.24, 2.45) is 0 Å². The lowest BCUT2D eigenvalue weighted by molar-refractivity contribution is 0.596. The minimum Gasteiger partial charge on any atom is -0.540 e.